The minimum atomic E-state index is -0.545. The summed E-state index contributed by atoms with van der Waals surface area (Å²) >= 11 is 0. The van der Waals surface area contributed by atoms with Crippen molar-refractivity contribution in [2.75, 3.05) is 31.3 Å². The van der Waals surface area contributed by atoms with E-state index in [-0.39, 0.29) is 23.0 Å². The Morgan fingerprint density at radius 3 is 2.93 bits per heavy atom. The lowest BCUT2D eigenvalue weighted by Gasteiger charge is -2.05. The fourth-order valence-electron chi connectivity index (χ4n) is 2.38. The van der Waals surface area contributed by atoms with Crippen LogP contribution in [0, 0.1) is 0 Å². The molecule has 0 aliphatic rings. The number of ether oxygens (including phenoxy) is 1. The Labute approximate surface area is 159 Å². The molecule has 3 heterocycles. The minimum Gasteiger partial charge on any atom is -0.444 e. The highest BCUT2D eigenvalue weighted by Gasteiger charge is 2.20. The lowest BCUT2D eigenvalue weighted by Crippen LogP contribution is -2.28. The summed E-state index contributed by atoms with van der Waals surface area (Å²) in [5.41, 5.74) is 6.60. The van der Waals surface area contributed by atoms with Crippen LogP contribution in [0.5, 0.6) is 0 Å². The van der Waals surface area contributed by atoms with Gasteiger partial charge in [-0.2, -0.15) is 5.10 Å². The number of anilines is 2. The first kappa shape index (κ1) is 19.0. The van der Waals surface area contributed by atoms with Crippen LogP contribution in [-0.2, 0) is 11.8 Å². The zero-order valence-corrected chi connectivity index (χ0v) is 15.3. The second-order valence-electron chi connectivity index (χ2n) is 5.78. The second kappa shape index (κ2) is 8.31. The maximum atomic E-state index is 12.5. The van der Waals surface area contributed by atoms with Gasteiger partial charge in [0, 0.05) is 38.7 Å². The Morgan fingerprint density at radius 2 is 2.18 bits per heavy atom. The standard InChI is InChI=1S/C17H19N7O4/c1-24-8-11(14(23-24)16(26)20-5-6-27-2)21-15(25)12-9-28-17(22-12)10-3-4-19-13(18)7-10/h3-4,7-9H,5-6H2,1-2H3,(H2,18,19)(H,20,26)(H,21,25). The molecule has 3 aromatic heterocycles. The number of amides is 2. The van der Waals surface area contributed by atoms with Crippen molar-refractivity contribution in [3.05, 3.63) is 42.2 Å². The molecular weight excluding hydrogens is 366 g/mol. The van der Waals surface area contributed by atoms with E-state index in [1.165, 1.54) is 30.4 Å². The molecule has 0 aliphatic carbocycles. The van der Waals surface area contributed by atoms with Crippen molar-refractivity contribution in [2.24, 2.45) is 7.05 Å². The SMILES string of the molecule is COCCNC(=O)c1nn(C)cc1NC(=O)c1coc(-c2ccnc(N)c2)n1. The maximum Gasteiger partial charge on any atom is 0.277 e. The monoisotopic (exact) mass is 385 g/mol. The first-order chi connectivity index (χ1) is 13.5. The van der Waals surface area contributed by atoms with Gasteiger partial charge in [0.1, 0.15) is 12.1 Å². The van der Waals surface area contributed by atoms with Crippen molar-refractivity contribution in [1.29, 1.82) is 0 Å². The van der Waals surface area contributed by atoms with Gasteiger partial charge in [-0.1, -0.05) is 0 Å². The number of pyridine rings is 1. The van der Waals surface area contributed by atoms with E-state index in [9.17, 15) is 9.59 Å². The molecule has 0 radical (unpaired) electrons. The van der Waals surface area contributed by atoms with Crippen molar-refractivity contribution < 1.29 is 18.7 Å². The molecule has 3 aromatic rings. The van der Waals surface area contributed by atoms with Gasteiger partial charge < -0.3 is 25.5 Å². The van der Waals surface area contributed by atoms with Gasteiger partial charge in [-0.3, -0.25) is 14.3 Å². The number of rotatable bonds is 7. The molecule has 0 unspecified atom stereocenters. The van der Waals surface area contributed by atoms with E-state index in [1.807, 2.05) is 0 Å². The normalized spacial score (nSPS) is 10.6. The fraction of sp³-hybridized carbons (Fsp3) is 0.235. The first-order valence-electron chi connectivity index (χ1n) is 8.27. The lowest BCUT2D eigenvalue weighted by molar-refractivity contribution is 0.0932. The van der Waals surface area contributed by atoms with E-state index in [0.717, 1.165) is 0 Å². The van der Waals surface area contributed by atoms with Crippen LogP contribution < -0.4 is 16.4 Å². The number of nitrogen functional groups attached to an aromatic ring is 1. The third-order valence-corrected chi connectivity index (χ3v) is 3.65. The molecule has 0 spiro atoms. The molecule has 2 amide bonds. The number of nitrogens with two attached hydrogens (primary N) is 1. The van der Waals surface area contributed by atoms with Gasteiger partial charge in [-0.25, -0.2) is 9.97 Å². The van der Waals surface area contributed by atoms with Gasteiger partial charge in [0.05, 0.1) is 12.3 Å². The topological polar surface area (TPSA) is 150 Å². The number of carbonyl (C=O) groups is 2. The van der Waals surface area contributed by atoms with Crippen molar-refractivity contribution in [1.82, 2.24) is 25.1 Å². The summed E-state index contributed by atoms with van der Waals surface area (Å²) in [5.74, 6) is -0.443. The maximum absolute atomic E-state index is 12.5. The minimum absolute atomic E-state index is 0.0416. The van der Waals surface area contributed by atoms with Crippen molar-refractivity contribution >= 4 is 23.3 Å². The highest BCUT2D eigenvalue weighted by atomic mass is 16.5. The first-order valence-corrected chi connectivity index (χ1v) is 8.27. The predicted molar refractivity (Wildman–Crippen MR) is 99.5 cm³/mol. The summed E-state index contributed by atoms with van der Waals surface area (Å²) in [7, 11) is 3.18. The molecule has 0 aromatic carbocycles. The molecule has 0 saturated carbocycles. The molecule has 11 heteroatoms. The molecule has 146 valence electrons. The van der Waals surface area contributed by atoms with E-state index in [4.69, 9.17) is 14.9 Å². The molecule has 11 nitrogen and oxygen atoms in total. The summed E-state index contributed by atoms with van der Waals surface area (Å²) in [6.07, 6.45) is 4.25. The predicted octanol–water partition coefficient (Wildman–Crippen LogP) is 0.681. The van der Waals surface area contributed by atoms with Crippen molar-refractivity contribution in [3.63, 3.8) is 0 Å². The number of hydrogen-bond acceptors (Lipinski definition) is 8. The fourth-order valence-corrected chi connectivity index (χ4v) is 2.38. The number of aromatic nitrogens is 4. The Balaban J connectivity index is 1.74. The third kappa shape index (κ3) is 4.32. The highest BCUT2D eigenvalue weighted by Crippen LogP contribution is 2.20. The molecule has 0 aliphatic heterocycles. The molecule has 0 fully saturated rings. The Morgan fingerprint density at radius 1 is 1.36 bits per heavy atom. The molecule has 0 atom stereocenters. The average Bonchev–Trinajstić information content (AvgIpc) is 3.29. The van der Waals surface area contributed by atoms with Crippen LogP contribution >= 0.6 is 0 Å². The van der Waals surface area contributed by atoms with Gasteiger partial charge >= 0.3 is 0 Å². The van der Waals surface area contributed by atoms with Gasteiger partial charge in [-0.05, 0) is 12.1 Å². The lowest BCUT2D eigenvalue weighted by atomic mass is 10.2. The Bertz CT molecular complexity index is 995. The number of nitrogens with zero attached hydrogens (tertiary/aromatic N) is 4. The molecule has 3 rings (SSSR count). The van der Waals surface area contributed by atoms with Crippen molar-refractivity contribution in [2.45, 2.75) is 0 Å². The Kier molecular flexibility index (Phi) is 5.65. The van der Waals surface area contributed by atoms with Crippen LogP contribution in [0.4, 0.5) is 11.5 Å². The van der Waals surface area contributed by atoms with Crippen molar-refractivity contribution in [3.8, 4) is 11.5 Å². The number of methoxy groups -OCH3 is 1. The number of aryl methyl sites for hydroxylation is 1. The molecule has 0 saturated heterocycles. The molecule has 0 bridgehead atoms. The van der Waals surface area contributed by atoms with Crippen LogP contribution in [0.1, 0.15) is 21.0 Å². The number of carbonyl (C=O) groups excluding carboxylic acids is 2. The summed E-state index contributed by atoms with van der Waals surface area (Å²) in [5, 5.41) is 9.36. The van der Waals surface area contributed by atoms with Crippen LogP contribution in [0.3, 0.4) is 0 Å². The average molecular weight is 385 g/mol. The molecule has 4 N–H and O–H groups in total. The van der Waals surface area contributed by atoms with Crippen LogP contribution in [0.2, 0.25) is 0 Å². The van der Waals surface area contributed by atoms with Crippen LogP contribution in [0.25, 0.3) is 11.5 Å². The number of oxazole rings is 1. The summed E-state index contributed by atoms with van der Waals surface area (Å²) in [6.45, 7) is 0.683. The number of hydrogen-bond donors (Lipinski definition) is 3. The Hall–Kier alpha value is -3.73. The summed E-state index contributed by atoms with van der Waals surface area (Å²) < 4.78 is 11.7. The molecular formula is C17H19N7O4. The quantitative estimate of drug-likeness (QED) is 0.502. The third-order valence-electron chi connectivity index (χ3n) is 3.65. The van der Waals surface area contributed by atoms with E-state index < -0.39 is 11.8 Å². The van der Waals surface area contributed by atoms with Gasteiger partial charge in [0.2, 0.25) is 5.89 Å². The number of nitrogens with one attached hydrogen (secondary N) is 2. The zero-order chi connectivity index (χ0) is 20.1. The zero-order valence-electron chi connectivity index (χ0n) is 15.3. The smallest absolute Gasteiger partial charge is 0.277 e. The highest BCUT2D eigenvalue weighted by molar-refractivity contribution is 6.07. The van der Waals surface area contributed by atoms with E-state index in [0.29, 0.717) is 24.5 Å². The second-order valence-corrected chi connectivity index (χ2v) is 5.78. The van der Waals surface area contributed by atoms with Gasteiger partial charge in [0.15, 0.2) is 11.4 Å². The van der Waals surface area contributed by atoms with E-state index in [2.05, 4.69) is 25.7 Å². The van der Waals surface area contributed by atoms with E-state index in [1.54, 1.807) is 19.2 Å². The van der Waals surface area contributed by atoms with Crippen LogP contribution in [-0.4, -0.2) is 51.8 Å². The summed E-state index contributed by atoms with van der Waals surface area (Å²) in [4.78, 5) is 32.8. The van der Waals surface area contributed by atoms with E-state index >= 15 is 0 Å². The van der Waals surface area contributed by atoms with Crippen LogP contribution in [0.15, 0.2) is 35.2 Å². The van der Waals surface area contributed by atoms with Gasteiger partial charge in [0.25, 0.3) is 11.8 Å². The summed E-state index contributed by atoms with van der Waals surface area (Å²) in [6, 6.07) is 3.24. The largest absolute Gasteiger partial charge is 0.444 e. The molecule has 28 heavy (non-hydrogen) atoms. The van der Waals surface area contributed by atoms with Gasteiger partial charge in [-0.15, -0.1) is 0 Å².